The highest BCUT2D eigenvalue weighted by atomic mass is 16.1. The smallest absolute Gasteiger partial charge is 0.267 e. The van der Waals surface area contributed by atoms with Gasteiger partial charge in [0.25, 0.3) is 11.3 Å². The van der Waals surface area contributed by atoms with Crippen molar-refractivity contribution in [3.05, 3.63) is 22.4 Å². The summed E-state index contributed by atoms with van der Waals surface area (Å²) in [4.78, 5) is 11.3. The molecule has 0 fully saturated rings. The predicted octanol–water partition coefficient (Wildman–Crippen LogP) is -0.869. The zero-order valence-corrected chi connectivity index (χ0v) is 6.72. The van der Waals surface area contributed by atoms with Gasteiger partial charge in [0.05, 0.1) is 0 Å². The fraction of sp³-hybridized carbons (Fsp3) is 0.333. The molecule has 0 radical (unpaired) electrons. The van der Waals surface area contributed by atoms with Gasteiger partial charge in [0.2, 0.25) is 0 Å². The Morgan fingerprint density at radius 1 is 1.42 bits per heavy atom. The maximum atomic E-state index is 11.3. The number of hydrogen-bond donors (Lipinski definition) is 0. The van der Waals surface area contributed by atoms with E-state index in [0.29, 0.717) is 11.5 Å². The van der Waals surface area contributed by atoms with E-state index < -0.39 is 0 Å². The molecule has 2 rings (SSSR count). The molecule has 0 saturated heterocycles. The lowest BCUT2D eigenvalue weighted by molar-refractivity contribution is 0.767. The first-order valence-corrected chi connectivity index (χ1v) is 3.44. The van der Waals surface area contributed by atoms with E-state index in [1.54, 1.807) is 14.0 Å². The molecule has 0 amide bonds. The summed E-state index contributed by atoms with van der Waals surface area (Å²) in [7, 11) is 1.71. The van der Waals surface area contributed by atoms with Gasteiger partial charge in [-0.2, -0.15) is 5.10 Å². The van der Waals surface area contributed by atoms with E-state index in [9.17, 15) is 4.79 Å². The van der Waals surface area contributed by atoms with Crippen molar-refractivity contribution >= 4 is 5.78 Å². The minimum absolute atomic E-state index is 0.173. The SMILES string of the molecule is Cc1nnc2n(C)ncn2c1=O. The lowest BCUT2D eigenvalue weighted by atomic mass is 10.5. The van der Waals surface area contributed by atoms with Crippen LogP contribution >= 0.6 is 0 Å². The second-order valence-corrected chi connectivity index (χ2v) is 2.52. The number of fused-ring (bicyclic) bond motifs is 1. The summed E-state index contributed by atoms with van der Waals surface area (Å²) in [5.41, 5.74) is 0.202. The van der Waals surface area contributed by atoms with Crippen LogP contribution in [0.2, 0.25) is 0 Å². The summed E-state index contributed by atoms with van der Waals surface area (Å²) < 4.78 is 2.86. The Labute approximate surface area is 67.5 Å². The fourth-order valence-electron chi connectivity index (χ4n) is 0.981. The highest BCUT2D eigenvalue weighted by Crippen LogP contribution is 1.90. The number of aryl methyl sites for hydroxylation is 2. The molecule has 0 N–H and O–H groups in total. The number of aromatic nitrogens is 5. The molecular weight excluding hydrogens is 158 g/mol. The quantitative estimate of drug-likeness (QED) is 0.509. The van der Waals surface area contributed by atoms with Crippen molar-refractivity contribution in [1.29, 1.82) is 0 Å². The van der Waals surface area contributed by atoms with Crippen LogP contribution in [0.15, 0.2) is 11.1 Å². The molecule has 12 heavy (non-hydrogen) atoms. The van der Waals surface area contributed by atoms with Gasteiger partial charge in [-0.05, 0) is 6.92 Å². The lowest BCUT2D eigenvalue weighted by Crippen LogP contribution is -2.18. The highest BCUT2D eigenvalue weighted by molar-refractivity contribution is 5.24. The standard InChI is InChI=1S/C6H7N5O/c1-4-5(12)11-3-7-10(2)6(11)9-8-4/h3H,1-2H3. The molecule has 0 spiro atoms. The molecule has 2 aromatic rings. The van der Waals surface area contributed by atoms with Crippen LogP contribution in [-0.4, -0.2) is 24.4 Å². The predicted molar refractivity (Wildman–Crippen MR) is 40.8 cm³/mol. The van der Waals surface area contributed by atoms with Gasteiger partial charge in [0, 0.05) is 7.05 Å². The third kappa shape index (κ3) is 0.744. The molecule has 0 aromatic carbocycles. The van der Waals surface area contributed by atoms with E-state index in [0.717, 1.165) is 0 Å². The third-order valence-electron chi connectivity index (χ3n) is 1.66. The van der Waals surface area contributed by atoms with Gasteiger partial charge in [-0.3, -0.25) is 4.79 Å². The summed E-state index contributed by atoms with van der Waals surface area (Å²) in [6.45, 7) is 1.62. The summed E-state index contributed by atoms with van der Waals surface area (Å²) in [5, 5.41) is 11.4. The topological polar surface area (TPSA) is 65.1 Å². The van der Waals surface area contributed by atoms with Crippen LogP contribution in [0, 0.1) is 6.92 Å². The highest BCUT2D eigenvalue weighted by Gasteiger charge is 2.04. The van der Waals surface area contributed by atoms with Gasteiger partial charge in [-0.25, -0.2) is 9.08 Å². The maximum Gasteiger partial charge on any atom is 0.282 e. The molecule has 2 aromatic heterocycles. The van der Waals surface area contributed by atoms with Crippen molar-refractivity contribution in [2.24, 2.45) is 7.05 Å². The molecule has 0 aliphatic carbocycles. The fourth-order valence-corrected chi connectivity index (χ4v) is 0.981. The van der Waals surface area contributed by atoms with Gasteiger partial charge in [-0.1, -0.05) is 0 Å². The van der Waals surface area contributed by atoms with E-state index in [4.69, 9.17) is 0 Å². The molecule has 6 nitrogen and oxygen atoms in total. The Bertz CT molecular complexity index is 482. The molecule has 6 heteroatoms. The molecule has 0 unspecified atom stereocenters. The Kier molecular flexibility index (Phi) is 1.24. The molecule has 62 valence electrons. The van der Waals surface area contributed by atoms with Crippen LogP contribution in [0.1, 0.15) is 5.69 Å². The first-order chi connectivity index (χ1) is 5.70. The minimum atomic E-state index is -0.173. The minimum Gasteiger partial charge on any atom is -0.267 e. The van der Waals surface area contributed by atoms with Gasteiger partial charge in [0.1, 0.15) is 12.0 Å². The van der Waals surface area contributed by atoms with Gasteiger partial charge in [-0.15, -0.1) is 10.2 Å². The number of hydrogen-bond acceptors (Lipinski definition) is 4. The second-order valence-electron chi connectivity index (χ2n) is 2.52. The van der Waals surface area contributed by atoms with Gasteiger partial charge >= 0.3 is 0 Å². The van der Waals surface area contributed by atoms with E-state index >= 15 is 0 Å². The van der Waals surface area contributed by atoms with E-state index in [2.05, 4.69) is 15.3 Å². The van der Waals surface area contributed by atoms with Crippen molar-refractivity contribution < 1.29 is 0 Å². The molecule has 2 heterocycles. The first-order valence-electron chi connectivity index (χ1n) is 3.44. The van der Waals surface area contributed by atoms with Crippen LogP contribution < -0.4 is 5.56 Å². The molecule has 0 bridgehead atoms. The summed E-state index contributed by atoms with van der Waals surface area (Å²) in [6, 6.07) is 0. The van der Waals surface area contributed by atoms with E-state index in [1.165, 1.54) is 15.4 Å². The molecular formula is C6H7N5O. The van der Waals surface area contributed by atoms with Crippen molar-refractivity contribution in [3.63, 3.8) is 0 Å². The van der Waals surface area contributed by atoms with Crippen LogP contribution in [0.25, 0.3) is 5.78 Å². The van der Waals surface area contributed by atoms with Crippen LogP contribution in [-0.2, 0) is 7.05 Å². The number of nitrogens with zero attached hydrogens (tertiary/aromatic N) is 5. The van der Waals surface area contributed by atoms with E-state index in [1.807, 2.05) is 0 Å². The zero-order valence-electron chi connectivity index (χ0n) is 6.72. The molecule has 0 atom stereocenters. The molecule has 0 aliphatic rings. The summed E-state index contributed by atoms with van der Waals surface area (Å²) in [6.07, 6.45) is 1.43. The maximum absolute atomic E-state index is 11.3. The summed E-state index contributed by atoms with van der Waals surface area (Å²) in [5.74, 6) is 0.450. The average Bonchev–Trinajstić information content (AvgIpc) is 2.41. The third-order valence-corrected chi connectivity index (χ3v) is 1.66. The zero-order chi connectivity index (χ0) is 8.72. The largest absolute Gasteiger partial charge is 0.282 e. The average molecular weight is 165 g/mol. The van der Waals surface area contributed by atoms with Crippen LogP contribution in [0.3, 0.4) is 0 Å². The van der Waals surface area contributed by atoms with Crippen molar-refractivity contribution in [3.8, 4) is 0 Å². The monoisotopic (exact) mass is 165 g/mol. The first kappa shape index (κ1) is 6.96. The Morgan fingerprint density at radius 3 is 2.92 bits per heavy atom. The van der Waals surface area contributed by atoms with Gasteiger partial charge < -0.3 is 0 Å². The lowest BCUT2D eigenvalue weighted by Gasteiger charge is -1.92. The Hall–Kier alpha value is -1.72. The van der Waals surface area contributed by atoms with Crippen molar-refractivity contribution in [2.75, 3.05) is 0 Å². The number of rotatable bonds is 0. The Morgan fingerprint density at radius 2 is 2.17 bits per heavy atom. The van der Waals surface area contributed by atoms with Gasteiger partial charge in [0.15, 0.2) is 0 Å². The molecule has 0 saturated carbocycles. The van der Waals surface area contributed by atoms with E-state index in [-0.39, 0.29) is 5.56 Å². The summed E-state index contributed by atoms with van der Waals surface area (Å²) >= 11 is 0. The normalized spacial score (nSPS) is 10.8. The second kappa shape index (κ2) is 2.13. The van der Waals surface area contributed by atoms with Crippen molar-refractivity contribution in [2.45, 2.75) is 6.92 Å². The Balaban J connectivity index is 3.03. The van der Waals surface area contributed by atoms with Crippen LogP contribution in [0.4, 0.5) is 0 Å². The van der Waals surface area contributed by atoms with Crippen molar-refractivity contribution in [1.82, 2.24) is 24.4 Å². The van der Waals surface area contributed by atoms with Crippen LogP contribution in [0.5, 0.6) is 0 Å². The molecule has 0 aliphatic heterocycles.